The van der Waals surface area contributed by atoms with E-state index in [4.69, 9.17) is 4.74 Å². The summed E-state index contributed by atoms with van der Waals surface area (Å²) in [5, 5.41) is 13.8. The van der Waals surface area contributed by atoms with Crippen LogP contribution in [-0.4, -0.2) is 37.2 Å². The number of nitrogens with zero attached hydrogens (tertiary/aromatic N) is 5. The summed E-state index contributed by atoms with van der Waals surface area (Å²) in [6.07, 6.45) is 5.93. The van der Waals surface area contributed by atoms with Crippen molar-refractivity contribution in [1.29, 1.82) is 0 Å². The number of nitrogens with one attached hydrogen (secondary N) is 1. The molecule has 5 rings (SSSR count). The molecule has 0 atom stereocenters. The fraction of sp³-hybridized carbons (Fsp3) is 0.429. The highest BCUT2D eigenvalue weighted by molar-refractivity contribution is 5.82. The van der Waals surface area contributed by atoms with Crippen molar-refractivity contribution in [3.05, 3.63) is 80.9 Å². The van der Waals surface area contributed by atoms with Gasteiger partial charge in [0, 0.05) is 18.7 Å². The van der Waals surface area contributed by atoms with Crippen LogP contribution in [-0.2, 0) is 19.6 Å². The Morgan fingerprint density at radius 3 is 2.56 bits per heavy atom. The molecule has 2 heterocycles. The molecule has 1 N–H and O–H groups in total. The summed E-state index contributed by atoms with van der Waals surface area (Å²) in [4.78, 5) is 18.5. The van der Waals surface area contributed by atoms with Crippen molar-refractivity contribution in [3.63, 3.8) is 0 Å². The molecule has 0 aliphatic heterocycles. The molecule has 0 unspecified atom stereocenters. The minimum absolute atomic E-state index is 0.0546. The third-order valence-electron chi connectivity index (χ3n) is 7.18. The Kier molecular flexibility index (Phi) is 7.13. The molecule has 36 heavy (non-hydrogen) atoms. The smallest absolute Gasteiger partial charge is 0.252 e. The molecule has 0 spiro atoms. The summed E-state index contributed by atoms with van der Waals surface area (Å²) >= 11 is 0. The third kappa shape index (κ3) is 5.33. The lowest BCUT2D eigenvalue weighted by Gasteiger charge is -2.25. The molecule has 8 nitrogen and oxygen atoms in total. The lowest BCUT2D eigenvalue weighted by Crippen LogP contribution is -2.29. The van der Waals surface area contributed by atoms with E-state index in [-0.39, 0.29) is 5.56 Å². The largest absolute Gasteiger partial charge is 0.497 e. The molecule has 0 amide bonds. The highest BCUT2D eigenvalue weighted by Crippen LogP contribution is 2.28. The lowest BCUT2D eigenvalue weighted by molar-refractivity contribution is 0.225. The van der Waals surface area contributed by atoms with Gasteiger partial charge in [-0.2, -0.15) is 0 Å². The Balaban J connectivity index is 1.46. The van der Waals surface area contributed by atoms with Gasteiger partial charge in [-0.1, -0.05) is 43.0 Å². The molecule has 2 aromatic carbocycles. The zero-order valence-electron chi connectivity index (χ0n) is 21.3. The number of aromatic nitrogens is 5. The van der Waals surface area contributed by atoms with Crippen LogP contribution in [0.1, 0.15) is 66.2 Å². The minimum atomic E-state index is -0.0546. The number of benzene rings is 2. The summed E-state index contributed by atoms with van der Waals surface area (Å²) in [7, 11) is 1.67. The molecule has 1 fully saturated rings. The van der Waals surface area contributed by atoms with Crippen molar-refractivity contribution >= 4 is 10.9 Å². The molecule has 0 radical (unpaired) electrons. The first-order valence-corrected chi connectivity index (χ1v) is 12.8. The van der Waals surface area contributed by atoms with Crippen LogP contribution >= 0.6 is 0 Å². The van der Waals surface area contributed by atoms with Gasteiger partial charge in [-0.05, 0) is 77.9 Å². The summed E-state index contributed by atoms with van der Waals surface area (Å²) in [6, 6.07) is 14.7. The number of H-pyrrole nitrogens is 1. The van der Waals surface area contributed by atoms with E-state index in [1.165, 1.54) is 24.8 Å². The summed E-state index contributed by atoms with van der Waals surface area (Å²) in [5.41, 5.74) is 4.97. The quantitative estimate of drug-likeness (QED) is 0.383. The van der Waals surface area contributed by atoms with E-state index in [2.05, 4.69) is 56.6 Å². The van der Waals surface area contributed by atoms with Gasteiger partial charge in [-0.15, -0.1) is 5.10 Å². The highest BCUT2D eigenvalue weighted by Gasteiger charge is 2.22. The van der Waals surface area contributed by atoms with Gasteiger partial charge in [0.25, 0.3) is 5.56 Å². The van der Waals surface area contributed by atoms with Crippen LogP contribution in [0.4, 0.5) is 0 Å². The number of pyridine rings is 1. The van der Waals surface area contributed by atoms with Crippen LogP contribution in [0.25, 0.3) is 10.9 Å². The fourth-order valence-electron chi connectivity index (χ4n) is 5.37. The maximum absolute atomic E-state index is 13.1. The van der Waals surface area contributed by atoms with Crippen LogP contribution < -0.4 is 10.3 Å². The highest BCUT2D eigenvalue weighted by atomic mass is 16.5. The molecule has 0 bridgehead atoms. The summed E-state index contributed by atoms with van der Waals surface area (Å²) < 4.78 is 7.34. The monoisotopic (exact) mass is 486 g/mol. The number of fused-ring (bicyclic) bond motifs is 1. The number of ether oxygens (including phenoxy) is 1. The predicted octanol–water partition coefficient (Wildman–Crippen LogP) is 4.85. The number of hydrogen-bond acceptors (Lipinski definition) is 6. The number of aromatic amines is 1. The van der Waals surface area contributed by atoms with Crippen LogP contribution in [0.2, 0.25) is 0 Å². The molecule has 8 heteroatoms. The van der Waals surface area contributed by atoms with Crippen molar-refractivity contribution in [1.82, 2.24) is 30.1 Å². The van der Waals surface area contributed by atoms with Gasteiger partial charge in [0.15, 0.2) is 5.82 Å². The van der Waals surface area contributed by atoms with Gasteiger partial charge in [-0.25, -0.2) is 4.68 Å². The van der Waals surface area contributed by atoms with E-state index < -0.39 is 0 Å². The van der Waals surface area contributed by atoms with E-state index in [1.807, 2.05) is 29.8 Å². The molecule has 188 valence electrons. The van der Waals surface area contributed by atoms with Gasteiger partial charge in [0.2, 0.25) is 0 Å². The second-order valence-electron chi connectivity index (χ2n) is 9.99. The molecular weight excluding hydrogens is 452 g/mol. The van der Waals surface area contributed by atoms with Crippen molar-refractivity contribution in [2.24, 2.45) is 0 Å². The number of hydrogen-bond donors (Lipinski definition) is 1. The standard InChI is InChI=1S/C28H34N6O2/c1-19-13-20(2)27-22(14-19)15-23(28(35)29-27)17-33(16-21-9-11-25(36-3)12-10-21)18-26-30-31-32-34(26)24-7-5-4-6-8-24/h9-15,24H,4-8,16-18H2,1-3H3,(H,29,35). The second kappa shape index (κ2) is 10.6. The average Bonchev–Trinajstić information content (AvgIpc) is 3.34. The van der Waals surface area contributed by atoms with Crippen LogP contribution in [0.15, 0.2) is 47.3 Å². The van der Waals surface area contributed by atoms with Crippen molar-refractivity contribution in [3.8, 4) is 5.75 Å². The fourth-order valence-corrected chi connectivity index (χ4v) is 5.37. The van der Waals surface area contributed by atoms with E-state index in [9.17, 15) is 4.79 Å². The average molecular weight is 487 g/mol. The zero-order valence-corrected chi connectivity index (χ0v) is 21.3. The maximum atomic E-state index is 13.1. The van der Waals surface area contributed by atoms with Crippen LogP contribution in [0.3, 0.4) is 0 Å². The Morgan fingerprint density at radius 1 is 1.03 bits per heavy atom. The molecule has 1 aliphatic carbocycles. The van der Waals surface area contributed by atoms with E-state index in [0.29, 0.717) is 25.7 Å². The van der Waals surface area contributed by atoms with Gasteiger partial charge in [0.1, 0.15) is 5.75 Å². The molecular formula is C28H34N6O2. The lowest BCUT2D eigenvalue weighted by atomic mass is 9.95. The number of rotatable bonds is 8. The molecule has 1 saturated carbocycles. The predicted molar refractivity (Wildman–Crippen MR) is 140 cm³/mol. The minimum Gasteiger partial charge on any atom is -0.497 e. The summed E-state index contributed by atoms with van der Waals surface area (Å²) in [6.45, 7) is 5.82. The number of tetrazole rings is 1. The number of methoxy groups -OCH3 is 1. The Labute approximate surface area is 211 Å². The van der Waals surface area contributed by atoms with Gasteiger partial charge >= 0.3 is 0 Å². The van der Waals surface area contributed by atoms with Crippen molar-refractivity contribution < 1.29 is 4.74 Å². The van der Waals surface area contributed by atoms with Crippen LogP contribution in [0.5, 0.6) is 5.75 Å². The van der Waals surface area contributed by atoms with E-state index in [0.717, 1.165) is 52.0 Å². The third-order valence-corrected chi connectivity index (χ3v) is 7.18. The van der Waals surface area contributed by atoms with Crippen LogP contribution in [0, 0.1) is 13.8 Å². The first kappa shape index (κ1) is 24.2. The van der Waals surface area contributed by atoms with Gasteiger partial charge in [0.05, 0.1) is 25.2 Å². The Hall–Kier alpha value is -3.52. The molecule has 4 aromatic rings. The molecule has 2 aromatic heterocycles. The van der Waals surface area contributed by atoms with E-state index >= 15 is 0 Å². The first-order chi connectivity index (χ1) is 17.5. The molecule has 0 saturated heterocycles. The Bertz CT molecular complexity index is 1390. The number of aryl methyl sites for hydroxylation is 2. The topological polar surface area (TPSA) is 88.9 Å². The van der Waals surface area contributed by atoms with Crippen molar-refractivity contribution in [2.45, 2.75) is 71.6 Å². The molecule has 1 aliphatic rings. The van der Waals surface area contributed by atoms with Gasteiger partial charge < -0.3 is 9.72 Å². The second-order valence-corrected chi connectivity index (χ2v) is 9.99. The SMILES string of the molecule is COc1ccc(CN(Cc2cc3cc(C)cc(C)c3[nH]c2=O)Cc2nnnn2C2CCCCC2)cc1. The zero-order chi connectivity index (χ0) is 25.1. The van der Waals surface area contributed by atoms with Gasteiger partial charge in [-0.3, -0.25) is 9.69 Å². The Morgan fingerprint density at radius 2 is 1.81 bits per heavy atom. The first-order valence-electron chi connectivity index (χ1n) is 12.8. The maximum Gasteiger partial charge on any atom is 0.252 e. The van der Waals surface area contributed by atoms with Crippen molar-refractivity contribution in [2.75, 3.05) is 7.11 Å². The summed E-state index contributed by atoms with van der Waals surface area (Å²) in [5.74, 6) is 1.67. The van der Waals surface area contributed by atoms with E-state index in [1.54, 1.807) is 7.11 Å². The normalized spacial score (nSPS) is 14.6.